The van der Waals surface area contributed by atoms with E-state index in [4.69, 9.17) is 5.73 Å². The Bertz CT molecular complexity index is 342. The van der Waals surface area contributed by atoms with Crippen molar-refractivity contribution in [3.8, 4) is 0 Å². The third-order valence-corrected chi connectivity index (χ3v) is 3.76. The number of hydrogen-bond donors (Lipinski definition) is 1. The molecule has 76 valence electrons. The van der Waals surface area contributed by atoms with E-state index in [-0.39, 0.29) is 5.54 Å². The second-order valence-electron chi connectivity index (χ2n) is 4.46. The normalized spacial score (nSPS) is 18.2. The summed E-state index contributed by atoms with van der Waals surface area (Å²) in [6, 6.07) is 6.50. The fourth-order valence-corrected chi connectivity index (χ4v) is 2.13. The Hall–Kier alpha value is -0.340. The van der Waals surface area contributed by atoms with E-state index in [9.17, 15) is 0 Å². The number of aryl methyl sites for hydroxylation is 2. The van der Waals surface area contributed by atoms with Gasteiger partial charge in [0.05, 0.1) is 0 Å². The van der Waals surface area contributed by atoms with E-state index in [2.05, 4.69) is 41.1 Å². The molecule has 1 fully saturated rings. The van der Waals surface area contributed by atoms with Crippen LogP contribution in [0.2, 0.25) is 0 Å². The van der Waals surface area contributed by atoms with Crippen LogP contribution in [-0.4, -0.2) is 5.54 Å². The zero-order valence-electron chi connectivity index (χ0n) is 8.52. The maximum atomic E-state index is 6.07. The van der Waals surface area contributed by atoms with Crippen LogP contribution >= 0.6 is 15.9 Å². The van der Waals surface area contributed by atoms with Gasteiger partial charge in [0, 0.05) is 10.0 Å². The van der Waals surface area contributed by atoms with Crippen molar-refractivity contribution in [2.45, 2.75) is 38.1 Å². The minimum atomic E-state index is 0.170. The molecule has 0 aliphatic heterocycles. The average Bonchev–Trinajstić information content (AvgIpc) is 2.87. The van der Waals surface area contributed by atoms with Crippen molar-refractivity contribution in [1.82, 2.24) is 0 Å². The standard InChI is InChI=1S/C12H16BrN/c1-9-2-3-11(13)10(8-9)4-5-12(14)6-7-12/h2-3,8H,4-7,14H2,1H3. The van der Waals surface area contributed by atoms with Gasteiger partial charge in [0.15, 0.2) is 0 Å². The molecule has 0 spiro atoms. The quantitative estimate of drug-likeness (QED) is 0.880. The average molecular weight is 254 g/mol. The van der Waals surface area contributed by atoms with Crippen LogP contribution in [0.25, 0.3) is 0 Å². The van der Waals surface area contributed by atoms with E-state index in [0.29, 0.717) is 0 Å². The van der Waals surface area contributed by atoms with E-state index >= 15 is 0 Å². The van der Waals surface area contributed by atoms with Crippen LogP contribution in [0.4, 0.5) is 0 Å². The molecule has 1 nitrogen and oxygen atoms in total. The lowest BCUT2D eigenvalue weighted by molar-refractivity contribution is 0.608. The lowest BCUT2D eigenvalue weighted by Crippen LogP contribution is -2.22. The van der Waals surface area contributed by atoms with Gasteiger partial charge in [0.2, 0.25) is 0 Å². The summed E-state index contributed by atoms with van der Waals surface area (Å²) >= 11 is 3.58. The van der Waals surface area contributed by atoms with E-state index in [1.807, 2.05) is 0 Å². The van der Waals surface area contributed by atoms with Gasteiger partial charge in [-0.3, -0.25) is 0 Å². The van der Waals surface area contributed by atoms with Crippen molar-refractivity contribution in [1.29, 1.82) is 0 Å². The summed E-state index contributed by atoms with van der Waals surface area (Å²) in [7, 11) is 0. The third kappa shape index (κ3) is 2.37. The summed E-state index contributed by atoms with van der Waals surface area (Å²) in [5, 5.41) is 0. The van der Waals surface area contributed by atoms with Gasteiger partial charge in [-0.2, -0.15) is 0 Å². The summed E-state index contributed by atoms with van der Waals surface area (Å²) in [4.78, 5) is 0. The molecule has 1 aliphatic carbocycles. The summed E-state index contributed by atoms with van der Waals surface area (Å²) in [5.74, 6) is 0. The molecule has 0 atom stereocenters. The highest BCUT2D eigenvalue weighted by molar-refractivity contribution is 9.10. The molecular weight excluding hydrogens is 238 g/mol. The monoisotopic (exact) mass is 253 g/mol. The smallest absolute Gasteiger partial charge is 0.0207 e. The number of rotatable bonds is 3. The largest absolute Gasteiger partial charge is 0.325 e. The first kappa shape index (κ1) is 10.2. The van der Waals surface area contributed by atoms with E-state index in [0.717, 1.165) is 12.8 Å². The number of halogens is 1. The highest BCUT2D eigenvalue weighted by Gasteiger charge is 2.37. The van der Waals surface area contributed by atoms with Gasteiger partial charge in [-0.25, -0.2) is 0 Å². The molecular formula is C12H16BrN. The molecule has 1 saturated carbocycles. The van der Waals surface area contributed by atoms with Crippen LogP contribution in [-0.2, 0) is 6.42 Å². The predicted octanol–water partition coefficient (Wildman–Crippen LogP) is 3.18. The topological polar surface area (TPSA) is 26.0 Å². The summed E-state index contributed by atoms with van der Waals surface area (Å²) < 4.78 is 1.22. The van der Waals surface area contributed by atoms with E-state index < -0.39 is 0 Å². The van der Waals surface area contributed by atoms with Crippen LogP contribution in [0.15, 0.2) is 22.7 Å². The predicted molar refractivity (Wildman–Crippen MR) is 63.4 cm³/mol. The Morgan fingerprint density at radius 2 is 2.14 bits per heavy atom. The van der Waals surface area contributed by atoms with E-state index in [1.165, 1.54) is 28.4 Å². The molecule has 0 heterocycles. The van der Waals surface area contributed by atoms with Gasteiger partial charge < -0.3 is 5.73 Å². The van der Waals surface area contributed by atoms with Gasteiger partial charge in [-0.05, 0) is 44.2 Å². The molecule has 1 aromatic carbocycles. The molecule has 0 radical (unpaired) electrons. The minimum Gasteiger partial charge on any atom is -0.325 e. The summed E-state index contributed by atoms with van der Waals surface area (Å²) in [6.07, 6.45) is 4.63. The Morgan fingerprint density at radius 1 is 1.43 bits per heavy atom. The van der Waals surface area contributed by atoms with Crippen molar-refractivity contribution < 1.29 is 0 Å². The summed E-state index contributed by atoms with van der Waals surface area (Å²) in [6.45, 7) is 2.13. The molecule has 2 rings (SSSR count). The van der Waals surface area contributed by atoms with E-state index in [1.54, 1.807) is 0 Å². The fraction of sp³-hybridized carbons (Fsp3) is 0.500. The minimum absolute atomic E-state index is 0.170. The number of benzene rings is 1. The number of hydrogen-bond acceptors (Lipinski definition) is 1. The second kappa shape index (κ2) is 3.67. The fourth-order valence-electron chi connectivity index (χ4n) is 1.69. The van der Waals surface area contributed by atoms with Crippen LogP contribution in [0, 0.1) is 6.92 Å². The van der Waals surface area contributed by atoms with Crippen molar-refractivity contribution in [3.05, 3.63) is 33.8 Å². The second-order valence-corrected chi connectivity index (χ2v) is 5.31. The van der Waals surface area contributed by atoms with Gasteiger partial charge in [-0.15, -0.1) is 0 Å². The molecule has 0 bridgehead atoms. The Labute approximate surface area is 93.8 Å². The van der Waals surface area contributed by atoms with Crippen molar-refractivity contribution >= 4 is 15.9 Å². The summed E-state index contributed by atoms with van der Waals surface area (Å²) in [5.41, 5.74) is 8.95. The molecule has 0 aromatic heterocycles. The molecule has 0 amide bonds. The molecule has 2 heteroatoms. The maximum Gasteiger partial charge on any atom is 0.0207 e. The first-order valence-corrected chi connectivity index (χ1v) is 5.92. The van der Waals surface area contributed by atoms with Gasteiger partial charge in [0.1, 0.15) is 0 Å². The lowest BCUT2D eigenvalue weighted by atomic mass is 10.0. The van der Waals surface area contributed by atoms with Gasteiger partial charge in [0.25, 0.3) is 0 Å². The molecule has 0 saturated heterocycles. The SMILES string of the molecule is Cc1ccc(Br)c(CCC2(N)CC2)c1. The molecule has 0 unspecified atom stereocenters. The highest BCUT2D eigenvalue weighted by Crippen LogP contribution is 2.37. The van der Waals surface area contributed by atoms with Crippen molar-refractivity contribution in [3.63, 3.8) is 0 Å². The van der Waals surface area contributed by atoms with Crippen molar-refractivity contribution in [2.24, 2.45) is 5.73 Å². The molecule has 2 N–H and O–H groups in total. The third-order valence-electron chi connectivity index (χ3n) is 2.99. The lowest BCUT2D eigenvalue weighted by Gasteiger charge is -2.10. The first-order valence-electron chi connectivity index (χ1n) is 5.13. The van der Waals surface area contributed by atoms with Gasteiger partial charge in [-0.1, -0.05) is 33.6 Å². The Balaban J connectivity index is 2.04. The van der Waals surface area contributed by atoms with Crippen LogP contribution in [0.5, 0.6) is 0 Å². The molecule has 14 heavy (non-hydrogen) atoms. The maximum absolute atomic E-state index is 6.07. The zero-order chi connectivity index (χ0) is 10.2. The molecule has 1 aromatic rings. The van der Waals surface area contributed by atoms with Crippen LogP contribution in [0.3, 0.4) is 0 Å². The van der Waals surface area contributed by atoms with Gasteiger partial charge >= 0.3 is 0 Å². The Morgan fingerprint density at radius 3 is 2.79 bits per heavy atom. The number of nitrogens with two attached hydrogens (primary N) is 1. The molecule has 1 aliphatic rings. The Kier molecular flexibility index (Phi) is 2.67. The van der Waals surface area contributed by atoms with Crippen LogP contribution < -0.4 is 5.73 Å². The van der Waals surface area contributed by atoms with Crippen LogP contribution in [0.1, 0.15) is 30.4 Å². The zero-order valence-corrected chi connectivity index (χ0v) is 10.1. The highest BCUT2D eigenvalue weighted by atomic mass is 79.9. The first-order chi connectivity index (χ1) is 6.59. The van der Waals surface area contributed by atoms with Crippen molar-refractivity contribution in [2.75, 3.05) is 0 Å².